The van der Waals surface area contributed by atoms with E-state index in [1.807, 2.05) is 56.3 Å². The second-order valence-electron chi connectivity index (χ2n) is 8.01. The lowest BCUT2D eigenvalue weighted by Crippen LogP contribution is -2.25. The molecule has 0 saturated heterocycles. The number of hydrogen-bond acceptors (Lipinski definition) is 6. The molecule has 0 bridgehead atoms. The molecule has 1 atom stereocenters. The van der Waals surface area contributed by atoms with Crippen LogP contribution < -0.4 is 14.8 Å². The third-order valence-electron chi connectivity index (χ3n) is 5.70. The summed E-state index contributed by atoms with van der Waals surface area (Å²) < 4.78 is 14.4. The number of aromatic nitrogens is 3. The number of para-hydroxylation sites is 1. The molecule has 1 N–H and O–H groups in total. The van der Waals surface area contributed by atoms with Crippen LogP contribution >= 0.6 is 11.3 Å². The lowest BCUT2D eigenvalue weighted by atomic mass is 9.85. The number of carbonyl (C=O) groups is 1. The maximum absolute atomic E-state index is 12.8. The zero-order valence-electron chi connectivity index (χ0n) is 18.9. The fourth-order valence-electron chi connectivity index (χ4n) is 4.30. The van der Waals surface area contributed by atoms with Gasteiger partial charge in [-0.15, -0.1) is 0 Å². The first-order valence-corrected chi connectivity index (χ1v) is 12.1. The van der Waals surface area contributed by atoms with E-state index in [4.69, 9.17) is 19.6 Å². The van der Waals surface area contributed by atoms with Gasteiger partial charge >= 0.3 is 0 Å². The molecule has 1 aliphatic heterocycles. The highest BCUT2D eigenvalue weighted by molar-refractivity contribution is 7.20. The number of rotatable bonds is 7. The van der Waals surface area contributed by atoms with E-state index in [0.29, 0.717) is 30.6 Å². The summed E-state index contributed by atoms with van der Waals surface area (Å²) in [6, 6.07) is 13.8. The topological polar surface area (TPSA) is 78.3 Å². The molecule has 0 spiro atoms. The highest BCUT2D eigenvalue weighted by Crippen LogP contribution is 2.43. The Morgan fingerprint density at radius 3 is 2.85 bits per heavy atom. The first kappa shape index (κ1) is 21.5. The van der Waals surface area contributed by atoms with E-state index in [9.17, 15) is 4.79 Å². The standard InChI is InChI=1S/C25H26N4O3S/c1-4-12-32-20-9-7-6-8-17(20)18-14-22(30)27-24-23(18)15(3)28-29(24)25-26-19-11-10-16(31-5-2)13-21(19)33-25/h6-11,13,18H,4-5,12,14H2,1-3H3,(H,27,30)/t18-/m1/s1. The number of thiazole rings is 1. The van der Waals surface area contributed by atoms with Gasteiger partial charge in [0, 0.05) is 23.5 Å². The van der Waals surface area contributed by atoms with Gasteiger partial charge in [0.15, 0.2) is 0 Å². The van der Waals surface area contributed by atoms with Crippen molar-refractivity contribution < 1.29 is 14.3 Å². The van der Waals surface area contributed by atoms with Gasteiger partial charge in [0.1, 0.15) is 17.3 Å². The maximum atomic E-state index is 12.8. The van der Waals surface area contributed by atoms with E-state index in [0.717, 1.165) is 45.0 Å². The van der Waals surface area contributed by atoms with Gasteiger partial charge in [-0.2, -0.15) is 9.78 Å². The Balaban J connectivity index is 1.60. The van der Waals surface area contributed by atoms with Crippen molar-refractivity contribution in [1.29, 1.82) is 0 Å². The fourth-order valence-corrected chi connectivity index (χ4v) is 5.26. The van der Waals surface area contributed by atoms with E-state index < -0.39 is 0 Å². The molecule has 0 saturated carbocycles. The first-order chi connectivity index (χ1) is 16.1. The summed E-state index contributed by atoms with van der Waals surface area (Å²) in [4.78, 5) is 17.6. The normalized spacial score (nSPS) is 15.4. The van der Waals surface area contributed by atoms with Gasteiger partial charge in [0.05, 0.1) is 29.1 Å². The number of benzene rings is 2. The van der Waals surface area contributed by atoms with Crippen molar-refractivity contribution in [3.05, 3.63) is 59.3 Å². The zero-order chi connectivity index (χ0) is 22.9. The molecule has 2 aromatic heterocycles. The largest absolute Gasteiger partial charge is 0.494 e. The summed E-state index contributed by atoms with van der Waals surface area (Å²) in [5.74, 6) is 2.15. The molecule has 0 fully saturated rings. The molecule has 1 amide bonds. The monoisotopic (exact) mass is 462 g/mol. The molecule has 4 aromatic rings. The Hall–Kier alpha value is -3.39. The third-order valence-corrected chi connectivity index (χ3v) is 6.69. The van der Waals surface area contributed by atoms with Crippen molar-refractivity contribution in [3.63, 3.8) is 0 Å². The predicted octanol–water partition coefficient (Wildman–Crippen LogP) is 5.45. The van der Waals surface area contributed by atoms with Crippen LogP contribution in [0.2, 0.25) is 0 Å². The predicted molar refractivity (Wildman–Crippen MR) is 130 cm³/mol. The van der Waals surface area contributed by atoms with Gasteiger partial charge in [0.25, 0.3) is 0 Å². The molecule has 0 radical (unpaired) electrons. The van der Waals surface area contributed by atoms with Crippen LogP contribution in [0.5, 0.6) is 11.5 Å². The lowest BCUT2D eigenvalue weighted by Gasteiger charge is -2.25. The van der Waals surface area contributed by atoms with Gasteiger partial charge in [0.2, 0.25) is 11.0 Å². The van der Waals surface area contributed by atoms with Crippen LogP contribution in [-0.4, -0.2) is 33.9 Å². The SMILES string of the molecule is CCCOc1ccccc1[C@H]1CC(=O)Nc2c1c(C)nn2-c1nc2ccc(OCC)cc2s1. The summed E-state index contributed by atoms with van der Waals surface area (Å²) >= 11 is 1.52. The molecule has 0 unspecified atom stereocenters. The summed E-state index contributed by atoms with van der Waals surface area (Å²) in [6.45, 7) is 7.27. The summed E-state index contributed by atoms with van der Waals surface area (Å²) in [5.41, 5.74) is 3.76. The molecule has 7 nitrogen and oxygen atoms in total. The number of carbonyl (C=O) groups excluding carboxylic acids is 1. The van der Waals surface area contributed by atoms with Crippen molar-refractivity contribution in [2.75, 3.05) is 18.5 Å². The summed E-state index contributed by atoms with van der Waals surface area (Å²) in [7, 11) is 0. The van der Waals surface area contributed by atoms with Crippen LogP contribution in [0.4, 0.5) is 5.82 Å². The molecule has 5 rings (SSSR count). The number of anilines is 1. The first-order valence-electron chi connectivity index (χ1n) is 11.2. The van der Waals surface area contributed by atoms with Gasteiger partial charge in [-0.1, -0.05) is 36.5 Å². The minimum Gasteiger partial charge on any atom is -0.494 e. The Morgan fingerprint density at radius 2 is 2.03 bits per heavy atom. The van der Waals surface area contributed by atoms with E-state index in [-0.39, 0.29) is 11.8 Å². The van der Waals surface area contributed by atoms with Crippen LogP contribution in [0.15, 0.2) is 42.5 Å². The summed E-state index contributed by atoms with van der Waals surface area (Å²) in [6.07, 6.45) is 1.27. The van der Waals surface area contributed by atoms with Gasteiger partial charge in [-0.05, 0) is 44.5 Å². The zero-order valence-corrected chi connectivity index (χ0v) is 19.7. The molecular formula is C25H26N4O3S. The average Bonchev–Trinajstić information content (AvgIpc) is 3.38. The van der Waals surface area contributed by atoms with E-state index in [1.165, 1.54) is 11.3 Å². The van der Waals surface area contributed by atoms with Crippen molar-refractivity contribution >= 4 is 33.3 Å². The number of hydrogen-bond donors (Lipinski definition) is 1. The quantitative estimate of drug-likeness (QED) is 0.395. The minimum absolute atomic E-state index is 0.0429. The van der Waals surface area contributed by atoms with Gasteiger partial charge < -0.3 is 14.8 Å². The maximum Gasteiger partial charge on any atom is 0.226 e. The Morgan fingerprint density at radius 1 is 1.18 bits per heavy atom. The number of ether oxygens (including phenoxy) is 2. The Bertz CT molecular complexity index is 1330. The number of aryl methyl sites for hydroxylation is 1. The third kappa shape index (κ3) is 3.95. The van der Waals surface area contributed by atoms with E-state index in [1.54, 1.807) is 4.68 Å². The van der Waals surface area contributed by atoms with E-state index in [2.05, 4.69) is 12.2 Å². The lowest BCUT2D eigenvalue weighted by molar-refractivity contribution is -0.116. The molecule has 2 aromatic carbocycles. The molecule has 0 aliphatic carbocycles. The molecule has 3 heterocycles. The number of nitrogens with one attached hydrogen (secondary N) is 1. The highest BCUT2D eigenvalue weighted by atomic mass is 32.1. The molecular weight excluding hydrogens is 436 g/mol. The Kier molecular flexibility index (Phi) is 5.76. The fraction of sp³-hybridized carbons (Fsp3) is 0.320. The highest BCUT2D eigenvalue weighted by Gasteiger charge is 2.34. The summed E-state index contributed by atoms with van der Waals surface area (Å²) in [5, 5.41) is 8.55. The number of nitrogens with zero attached hydrogens (tertiary/aromatic N) is 3. The van der Waals surface area contributed by atoms with Crippen LogP contribution in [0, 0.1) is 6.92 Å². The van der Waals surface area contributed by atoms with Crippen LogP contribution in [0.3, 0.4) is 0 Å². The molecule has 8 heteroatoms. The number of fused-ring (bicyclic) bond motifs is 2. The molecule has 170 valence electrons. The van der Waals surface area contributed by atoms with Crippen LogP contribution in [0.1, 0.15) is 49.4 Å². The molecule has 33 heavy (non-hydrogen) atoms. The Labute approximate surface area is 196 Å². The smallest absolute Gasteiger partial charge is 0.226 e. The van der Waals surface area contributed by atoms with Gasteiger partial charge in [-0.3, -0.25) is 4.79 Å². The van der Waals surface area contributed by atoms with Crippen molar-refractivity contribution in [2.45, 2.75) is 39.5 Å². The van der Waals surface area contributed by atoms with Crippen molar-refractivity contribution in [3.8, 4) is 16.6 Å². The second kappa shape index (κ2) is 8.86. The average molecular weight is 463 g/mol. The van der Waals surface area contributed by atoms with Crippen LogP contribution in [0.25, 0.3) is 15.3 Å². The van der Waals surface area contributed by atoms with E-state index >= 15 is 0 Å². The molecule has 1 aliphatic rings. The van der Waals surface area contributed by atoms with Gasteiger partial charge in [-0.25, -0.2) is 4.98 Å². The van der Waals surface area contributed by atoms with Crippen molar-refractivity contribution in [2.24, 2.45) is 0 Å². The second-order valence-corrected chi connectivity index (χ2v) is 9.02. The van der Waals surface area contributed by atoms with Crippen LogP contribution in [-0.2, 0) is 4.79 Å². The number of amides is 1. The van der Waals surface area contributed by atoms with Crippen molar-refractivity contribution in [1.82, 2.24) is 14.8 Å². The minimum atomic E-state index is -0.130.